The molecular weight excluding hydrogens is 362 g/mol. The zero-order valence-electron chi connectivity index (χ0n) is 15.5. The van der Waals surface area contributed by atoms with Gasteiger partial charge >= 0.3 is 12.0 Å². The number of urea groups is 1. The van der Waals surface area contributed by atoms with Crippen LogP contribution in [0, 0.1) is 0 Å². The molecule has 9 nitrogen and oxygen atoms in total. The maximum Gasteiger partial charge on any atom is 0.321 e. The Hall–Kier alpha value is -3.36. The molecule has 2 aliphatic heterocycles. The van der Waals surface area contributed by atoms with Gasteiger partial charge in [-0.25, -0.2) is 14.8 Å². The number of likely N-dealkylation sites (N-methyl/N-ethyl adjacent to an activating group) is 1. The molecule has 1 aromatic carbocycles. The molecule has 2 aromatic rings. The number of likely N-dealkylation sites (tertiary alicyclic amines) is 1. The molecule has 0 unspecified atom stereocenters. The Morgan fingerprint density at radius 1 is 1.25 bits per heavy atom. The number of carbonyl (C=O) groups is 2. The van der Waals surface area contributed by atoms with E-state index >= 15 is 0 Å². The quantitative estimate of drug-likeness (QED) is 0.870. The van der Waals surface area contributed by atoms with Crippen molar-refractivity contribution in [2.24, 2.45) is 0 Å². The summed E-state index contributed by atoms with van der Waals surface area (Å²) in [5, 5.41) is 2.89. The van der Waals surface area contributed by atoms with E-state index in [-0.39, 0.29) is 24.6 Å². The number of aromatic nitrogens is 2. The number of carbonyl (C=O) groups excluding carboxylic acids is 2. The van der Waals surface area contributed by atoms with Crippen molar-refractivity contribution in [2.45, 2.75) is 18.9 Å². The van der Waals surface area contributed by atoms with Crippen LogP contribution in [0.1, 0.15) is 12.8 Å². The van der Waals surface area contributed by atoms with Gasteiger partial charge in [0.25, 0.3) is 5.91 Å². The lowest BCUT2D eigenvalue weighted by molar-refractivity contribution is -0.120. The van der Waals surface area contributed by atoms with E-state index in [4.69, 9.17) is 9.47 Å². The van der Waals surface area contributed by atoms with Crippen LogP contribution in [0.2, 0.25) is 0 Å². The highest BCUT2D eigenvalue weighted by Gasteiger charge is 2.26. The number of ether oxygens (including phenoxy) is 2. The van der Waals surface area contributed by atoms with Gasteiger partial charge in [0.15, 0.2) is 6.61 Å². The van der Waals surface area contributed by atoms with Crippen LogP contribution in [0.25, 0.3) is 0 Å². The highest BCUT2D eigenvalue weighted by molar-refractivity contribution is 5.99. The Bertz CT molecular complexity index is 868. The van der Waals surface area contributed by atoms with E-state index in [0.29, 0.717) is 49.1 Å². The van der Waals surface area contributed by atoms with Crippen molar-refractivity contribution in [3.8, 4) is 11.8 Å². The van der Waals surface area contributed by atoms with Crippen LogP contribution in [-0.2, 0) is 4.79 Å². The van der Waals surface area contributed by atoms with Crippen LogP contribution in [0.3, 0.4) is 0 Å². The highest BCUT2D eigenvalue weighted by Crippen LogP contribution is 2.33. The number of anilines is 2. The summed E-state index contributed by atoms with van der Waals surface area (Å²) in [6.07, 6.45) is 4.69. The monoisotopic (exact) mass is 383 g/mol. The number of hydrogen-bond donors (Lipinski definition) is 1. The minimum Gasteiger partial charge on any atom is -0.482 e. The van der Waals surface area contributed by atoms with Gasteiger partial charge in [0, 0.05) is 51.1 Å². The molecule has 28 heavy (non-hydrogen) atoms. The van der Waals surface area contributed by atoms with E-state index in [1.807, 2.05) is 0 Å². The number of amides is 3. The topological polar surface area (TPSA) is 96.9 Å². The molecule has 1 aromatic heterocycles. The largest absolute Gasteiger partial charge is 0.482 e. The van der Waals surface area contributed by atoms with Gasteiger partial charge in [0.05, 0.1) is 5.69 Å². The maximum atomic E-state index is 12.6. The van der Waals surface area contributed by atoms with Gasteiger partial charge in [-0.15, -0.1) is 0 Å². The van der Waals surface area contributed by atoms with E-state index in [0.717, 1.165) is 0 Å². The van der Waals surface area contributed by atoms with Gasteiger partial charge in [0.2, 0.25) is 0 Å². The predicted molar refractivity (Wildman–Crippen MR) is 102 cm³/mol. The van der Waals surface area contributed by atoms with Crippen molar-refractivity contribution in [1.29, 1.82) is 0 Å². The van der Waals surface area contributed by atoms with Crippen molar-refractivity contribution >= 4 is 23.3 Å². The molecule has 2 aliphatic rings. The first-order chi connectivity index (χ1) is 13.6. The molecule has 146 valence electrons. The molecule has 0 bridgehead atoms. The van der Waals surface area contributed by atoms with Crippen LogP contribution < -0.4 is 19.7 Å². The third-order valence-electron chi connectivity index (χ3n) is 4.84. The Morgan fingerprint density at radius 3 is 2.75 bits per heavy atom. The molecule has 1 N–H and O–H groups in total. The first kappa shape index (κ1) is 18.0. The van der Waals surface area contributed by atoms with Gasteiger partial charge in [-0.1, -0.05) is 0 Å². The lowest BCUT2D eigenvalue weighted by Gasteiger charge is -2.32. The van der Waals surface area contributed by atoms with E-state index in [9.17, 15) is 9.59 Å². The summed E-state index contributed by atoms with van der Waals surface area (Å²) in [4.78, 5) is 35.8. The summed E-state index contributed by atoms with van der Waals surface area (Å²) in [5.41, 5.74) is 1.26. The van der Waals surface area contributed by atoms with E-state index in [2.05, 4.69) is 15.3 Å². The Kier molecular flexibility index (Phi) is 4.96. The molecular formula is C19H21N5O4. The summed E-state index contributed by atoms with van der Waals surface area (Å²) >= 11 is 0. The molecule has 1 fully saturated rings. The number of rotatable bonds is 3. The van der Waals surface area contributed by atoms with Crippen LogP contribution in [0.4, 0.5) is 16.2 Å². The van der Waals surface area contributed by atoms with E-state index in [1.165, 1.54) is 4.90 Å². The predicted octanol–water partition coefficient (Wildman–Crippen LogP) is 1.91. The van der Waals surface area contributed by atoms with Crippen molar-refractivity contribution in [3.05, 3.63) is 36.7 Å². The highest BCUT2D eigenvalue weighted by atomic mass is 16.5. The molecule has 1 saturated heterocycles. The summed E-state index contributed by atoms with van der Waals surface area (Å²) < 4.78 is 11.2. The normalized spacial score (nSPS) is 17.0. The Labute approximate surface area is 162 Å². The van der Waals surface area contributed by atoms with Gasteiger partial charge < -0.3 is 24.6 Å². The maximum absolute atomic E-state index is 12.6. The first-order valence-electron chi connectivity index (χ1n) is 9.13. The van der Waals surface area contributed by atoms with Crippen LogP contribution in [0.5, 0.6) is 11.8 Å². The SMILES string of the molecule is CN1C(=O)COc2ccc(NC(=O)N3CCC(Oc4ncccn4)CC3)cc21. The molecule has 0 saturated carbocycles. The van der Waals surface area contributed by atoms with Gasteiger partial charge in [-0.05, 0) is 24.3 Å². The molecule has 4 rings (SSSR count). The van der Waals surface area contributed by atoms with Crippen LogP contribution in [-0.4, -0.2) is 59.7 Å². The molecule has 3 amide bonds. The van der Waals surface area contributed by atoms with Crippen molar-refractivity contribution < 1.29 is 19.1 Å². The molecule has 9 heteroatoms. The fourth-order valence-electron chi connectivity index (χ4n) is 3.22. The molecule has 0 radical (unpaired) electrons. The lowest BCUT2D eigenvalue weighted by Crippen LogP contribution is -2.44. The third kappa shape index (κ3) is 3.83. The van der Waals surface area contributed by atoms with Crippen molar-refractivity contribution in [2.75, 3.05) is 37.0 Å². The summed E-state index contributed by atoms with van der Waals surface area (Å²) in [6, 6.07) is 7.18. The fraction of sp³-hybridized carbons (Fsp3) is 0.368. The number of nitrogens with zero attached hydrogens (tertiary/aromatic N) is 4. The van der Waals surface area contributed by atoms with Gasteiger partial charge in [0.1, 0.15) is 11.9 Å². The second-order valence-corrected chi connectivity index (χ2v) is 6.69. The average molecular weight is 383 g/mol. The second kappa shape index (κ2) is 7.71. The minimum atomic E-state index is -0.180. The number of nitrogens with one attached hydrogen (secondary N) is 1. The number of piperidine rings is 1. The van der Waals surface area contributed by atoms with Crippen molar-refractivity contribution in [1.82, 2.24) is 14.9 Å². The Morgan fingerprint density at radius 2 is 2.00 bits per heavy atom. The average Bonchev–Trinajstić information content (AvgIpc) is 2.72. The minimum absolute atomic E-state index is 0.00740. The van der Waals surface area contributed by atoms with Crippen LogP contribution in [0.15, 0.2) is 36.7 Å². The van der Waals surface area contributed by atoms with Crippen LogP contribution >= 0.6 is 0 Å². The number of hydrogen-bond acceptors (Lipinski definition) is 6. The molecule has 0 aliphatic carbocycles. The van der Waals surface area contributed by atoms with Gasteiger partial charge in [-0.3, -0.25) is 4.79 Å². The van der Waals surface area contributed by atoms with Gasteiger partial charge in [-0.2, -0.15) is 0 Å². The molecule has 0 atom stereocenters. The van der Waals surface area contributed by atoms with Crippen molar-refractivity contribution in [3.63, 3.8) is 0 Å². The fourth-order valence-corrected chi connectivity index (χ4v) is 3.22. The standard InChI is InChI=1S/C19H21N5O4/c1-23-15-11-13(3-4-16(15)27-12-17(23)25)22-19(26)24-9-5-14(6-10-24)28-18-20-7-2-8-21-18/h2-4,7-8,11,14H,5-6,9-10,12H2,1H3,(H,22,26). The smallest absolute Gasteiger partial charge is 0.321 e. The Balaban J connectivity index is 1.33. The number of benzene rings is 1. The first-order valence-corrected chi connectivity index (χ1v) is 9.13. The number of fused-ring (bicyclic) bond motifs is 1. The lowest BCUT2D eigenvalue weighted by atomic mass is 10.1. The summed E-state index contributed by atoms with van der Waals surface area (Å²) in [7, 11) is 1.69. The summed E-state index contributed by atoms with van der Waals surface area (Å²) in [5.74, 6) is 0.502. The van der Waals surface area contributed by atoms with E-state index < -0.39 is 0 Å². The summed E-state index contributed by atoms with van der Waals surface area (Å²) in [6.45, 7) is 1.19. The van der Waals surface area contributed by atoms with E-state index in [1.54, 1.807) is 48.6 Å². The zero-order chi connectivity index (χ0) is 19.5. The zero-order valence-corrected chi connectivity index (χ0v) is 15.5. The molecule has 3 heterocycles. The molecule has 0 spiro atoms. The second-order valence-electron chi connectivity index (χ2n) is 6.69. The third-order valence-corrected chi connectivity index (χ3v) is 4.84.